The summed E-state index contributed by atoms with van der Waals surface area (Å²) in [6.07, 6.45) is 9.59. The molecule has 0 saturated carbocycles. The fraction of sp³-hybridized carbons (Fsp3) is 0.304. The number of benzene rings is 1. The number of hydrogen-bond donors (Lipinski definition) is 3. The largest absolute Gasteiger partial charge is 0.404 e. The van der Waals surface area contributed by atoms with Gasteiger partial charge in [-0.25, -0.2) is 4.98 Å². The lowest BCUT2D eigenvalue weighted by Crippen LogP contribution is -2.36. The molecule has 150 valence electrons. The molecule has 0 radical (unpaired) electrons. The summed E-state index contributed by atoms with van der Waals surface area (Å²) in [5.41, 5.74) is 10.9. The van der Waals surface area contributed by atoms with Crippen LogP contribution in [0.3, 0.4) is 0 Å². The van der Waals surface area contributed by atoms with Gasteiger partial charge in [-0.15, -0.1) is 0 Å². The minimum Gasteiger partial charge on any atom is -0.404 e. The third-order valence-electron chi connectivity index (χ3n) is 5.46. The van der Waals surface area contributed by atoms with E-state index in [0.29, 0.717) is 12.6 Å². The van der Waals surface area contributed by atoms with Crippen molar-refractivity contribution in [3.05, 3.63) is 66.1 Å². The molecular formula is C23H28N6. The molecule has 1 aliphatic heterocycles. The van der Waals surface area contributed by atoms with E-state index in [0.717, 1.165) is 53.8 Å². The fourth-order valence-electron chi connectivity index (χ4n) is 3.74. The van der Waals surface area contributed by atoms with Crippen LogP contribution >= 0.6 is 0 Å². The number of anilines is 1. The number of hydrogen-bond acceptors (Lipinski definition) is 5. The van der Waals surface area contributed by atoms with Crippen molar-refractivity contribution >= 4 is 28.5 Å². The van der Waals surface area contributed by atoms with Crippen molar-refractivity contribution in [1.29, 1.82) is 0 Å². The Kier molecular flexibility index (Phi) is 5.91. The SMILES string of the molecule is CN1CCC(Nc2cnc3[nH]cc(/C(C=NCc4ccccc4)=C/N)c3c2)CC1. The molecule has 1 aliphatic rings. The van der Waals surface area contributed by atoms with Crippen LogP contribution in [0, 0.1) is 0 Å². The van der Waals surface area contributed by atoms with Crippen LogP contribution in [0.15, 0.2) is 60.0 Å². The standard InChI is InChI=1S/C23H28N6/c1-29-9-7-19(8-10-29)28-20-11-21-22(16-27-23(21)26-15-20)18(12-24)14-25-13-17-5-3-2-4-6-17/h2-6,11-12,14-16,19,28H,7-10,13,24H2,1H3,(H,26,27)/b18-12+,25-14?. The van der Waals surface area contributed by atoms with Crippen LogP contribution < -0.4 is 11.1 Å². The predicted molar refractivity (Wildman–Crippen MR) is 121 cm³/mol. The smallest absolute Gasteiger partial charge is 0.138 e. The lowest BCUT2D eigenvalue weighted by atomic mass is 10.0. The first-order chi connectivity index (χ1) is 14.2. The van der Waals surface area contributed by atoms with Crippen LogP contribution in [0.25, 0.3) is 16.6 Å². The van der Waals surface area contributed by atoms with Gasteiger partial charge in [0, 0.05) is 41.2 Å². The number of aliphatic imine (C=N–C) groups is 1. The number of aromatic nitrogens is 2. The monoisotopic (exact) mass is 388 g/mol. The van der Waals surface area contributed by atoms with Gasteiger partial charge in [-0.1, -0.05) is 30.3 Å². The number of fused-ring (bicyclic) bond motifs is 1. The zero-order chi connectivity index (χ0) is 20.1. The average Bonchev–Trinajstić information content (AvgIpc) is 3.17. The quantitative estimate of drug-likeness (QED) is 0.563. The number of rotatable bonds is 6. The van der Waals surface area contributed by atoms with Gasteiger partial charge in [0.2, 0.25) is 0 Å². The van der Waals surface area contributed by atoms with Crippen LogP contribution in [0.1, 0.15) is 24.0 Å². The summed E-state index contributed by atoms with van der Waals surface area (Å²) < 4.78 is 0. The Bertz CT molecular complexity index is 997. The van der Waals surface area contributed by atoms with Crippen molar-refractivity contribution in [2.75, 3.05) is 25.5 Å². The second-order valence-electron chi connectivity index (χ2n) is 7.62. The number of nitrogens with zero attached hydrogens (tertiary/aromatic N) is 3. The van der Waals surface area contributed by atoms with Gasteiger partial charge in [0.15, 0.2) is 0 Å². The van der Waals surface area contributed by atoms with Gasteiger partial charge in [-0.3, -0.25) is 4.99 Å². The topological polar surface area (TPSA) is 82.3 Å². The molecule has 1 saturated heterocycles. The molecule has 0 unspecified atom stereocenters. The van der Waals surface area contributed by atoms with E-state index in [4.69, 9.17) is 5.73 Å². The molecule has 1 fully saturated rings. The molecule has 0 aliphatic carbocycles. The number of pyridine rings is 1. The van der Waals surface area contributed by atoms with Crippen LogP contribution in [-0.2, 0) is 6.54 Å². The Balaban J connectivity index is 1.51. The summed E-state index contributed by atoms with van der Waals surface area (Å²) in [5.74, 6) is 0. The Hall–Kier alpha value is -3.12. The maximum absolute atomic E-state index is 5.93. The molecule has 1 aromatic carbocycles. The van der Waals surface area contributed by atoms with Gasteiger partial charge in [0.1, 0.15) is 5.65 Å². The Morgan fingerprint density at radius 2 is 2.10 bits per heavy atom. The van der Waals surface area contributed by atoms with Crippen molar-refractivity contribution in [2.24, 2.45) is 10.7 Å². The zero-order valence-corrected chi connectivity index (χ0v) is 16.8. The van der Waals surface area contributed by atoms with Gasteiger partial charge >= 0.3 is 0 Å². The predicted octanol–water partition coefficient (Wildman–Crippen LogP) is 3.64. The molecule has 3 aromatic rings. The van der Waals surface area contributed by atoms with E-state index in [1.54, 1.807) is 6.20 Å². The Labute approximate surface area is 171 Å². The molecule has 29 heavy (non-hydrogen) atoms. The molecule has 0 amide bonds. The van der Waals surface area contributed by atoms with Gasteiger partial charge in [0.05, 0.1) is 18.4 Å². The van der Waals surface area contributed by atoms with E-state index in [1.165, 1.54) is 5.56 Å². The van der Waals surface area contributed by atoms with Crippen LogP contribution in [0.4, 0.5) is 5.69 Å². The summed E-state index contributed by atoms with van der Waals surface area (Å²) >= 11 is 0. The van der Waals surface area contributed by atoms with Crippen molar-refractivity contribution < 1.29 is 0 Å². The summed E-state index contributed by atoms with van der Waals surface area (Å²) in [7, 11) is 2.18. The Morgan fingerprint density at radius 1 is 1.31 bits per heavy atom. The molecule has 6 nitrogen and oxygen atoms in total. The molecular weight excluding hydrogens is 360 g/mol. The minimum absolute atomic E-state index is 0.491. The number of piperidine rings is 1. The van der Waals surface area contributed by atoms with E-state index < -0.39 is 0 Å². The highest BCUT2D eigenvalue weighted by molar-refractivity contribution is 6.14. The van der Waals surface area contributed by atoms with Crippen LogP contribution in [-0.4, -0.2) is 47.3 Å². The summed E-state index contributed by atoms with van der Waals surface area (Å²) in [6, 6.07) is 12.8. The fourth-order valence-corrected chi connectivity index (χ4v) is 3.74. The number of aromatic amines is 1. The third-order valence-corrected chi connectivity index (χ3v) is 5.46. The number of H-pyrrole nitrogens is 1. The van der Waals surface area contributed by atoms with E-state index in [2.05, 4.69) is 50.4 Å². The molecule has 3 heterocycles. The molecule has 6 heteroatoms. The normalized spacial score (nSPS) is 16.7. The Morgan fingerprint density at radius 3 is 2.86 bits per heavy atom. The summed E-state index contributed by atoms with van der Waals surface area (Å²) in [4.78, 5) is 14.8. The molecule has 0 spiro atoms. The molecule has 0 atom stereocenters. The zero-order valence-electron chi connectivity index (χ0n) is 16.8. The third kappa shape index (κ3) is 4.66. The van der Waals surface area contributed by atoms with E-state index in [-0.39, 0.29) is 0 Å². The van der Waals surface area contributed by atoms with Gasteiger partial charge < -0.3 is 20.9 Å². The number of nitrogens with one attached hydrogen (secondary N) is 2. The highest BCUT2D eigenvalue weighted by Crippen LogP contribution is 2.26. The van der Waals surface area contributed by atoms with Crippen molar-refractivity contribution in [3.63, 3.8) is 0 Å². The first-order valence-corrected chi connectivity index (χ1v) is 10.1. The maximum atomic E-state index is 5.93. The maximum Gasteiger partial charge on any atom is 0.138 e. The molecule has 4 rings (SSSR count). The van der Waals surface area contributed by atoms with Crippen LogP contribution in [0.5, 0.6) is 0 Å². The van der Waals surface area contributed by atoms with Crippen LogP contribution in [0.2, 0.25) is 0 Å². The van der Waals surface area contributed by atoms with E-state index >= 15 is 0 Å². The molecule has 2 aromatic heterocycles. The van der Waals surface area contributed by atoms with Gasteiger partial charge in [-0.2, -0.15) is 0 Å². The highest BCUT2D eigenvalue weighted by atomic mass is 15.1. The van der Waals surface area contributed by atoms with E-state index in [1.807, 2.05) is 36.8 Å². The summed E-state index contributed by atoms with van der Waals surface area (Å²) in [6.45, 7) is 2.88. The van der Waals surface area contributed by atoms with E-state index in [9.17, 15) is 0 Å². The summed E-state index contributed by atoms with van der Waals surface area (Å²) in [5, 5.41) is 4.69. The lowest BCUT2D eigenvalue weighted by Gasteiger charge is -2.30. The van der Waals surface area contributed by atoms with Crippen molar-refractivity contribution in [2.45, 2.75) is 25.4 Å². The second kappa shape index (κ2) is 8.92. The number of allylic oxidation sites excluding steroid dienone is 1. The number of nitrogens with two attached hydrogens (primary N) is 1. The first kappa shape index (κ1) is 19.2. The highest BCUT2D eigenvalue weighted by Gasteiger charge is 2.17. The minimum atomic E-state index is 0.491. The molecule has 4 N–H and O–H groups in total. The van der Waals surface area contributed by atoms with Gasteiger partial charge in [-0.05, 0) is 44.6 Å². The van der Waals surface area contributed by atoms with Crippen molar-refractivity contribution in [3.8, 4) is 0 Å². The average molecular weight is 389 g/mol. The van der Waals surface area contributed by atoms with Crippen molar-refractivity contribution in [1.82, 2.24) is 14.9 Å². The van der Waals surface area contributed by atoms with Gasteiger partial charge in [0.25, 0.3) is 0 Å². The number of likely N-dealkylation sites (tertiary alicyclic amines) is 1. The first-order valence-electron chi connectivity index (χ1n) is 10.1. The lowest BCUT2D eigenvalue weighted by molar-refractivity contribution is 0.264. The second-order valence-corrected chi connectivity index (χ2v) is 7.62. The molecule has 0 bridgehead atoms.